The van der Waals surface area contributed by atoms with Gasteiger partial charge in [0, 0.05) is 5.56 Å². The lowest BCUT2D eigenvalue weighted by molar-refractivity contribution is 0.477. The quantitative estimate of drug-likeness (QED) is 0.186. The van der Waals surface area contributed by atoms with Crippen molar-refractivity contribution in [2.24, 2.45) is 0 Å². The maximum Gasteiger partial charge on any atom is 0.123 e. The van der Waals surface area contributed by atoms with Gasteiger partial charge >= 0.3 is 0 Å². The van der Waals surface area contributed by atoms with E-state index in [9.17, 15) is 5.11 Å². The molecule has 0 unspecified atom stereocenters. The van der Waals surface area contributed by atoms with Crippen LogP contribution in [0.4, 0.5) is 0 Å². The summed E-state index contributed by atoms with van der Waals surface area (Å²) in [5, 5.41) is 18.1. The summed E-state index contributed by atoms with van der Waals surface area (Å²) in [5.74, 6) is 0.297. The van der Waals surface area contributed by atoms with Crippen molar-refractivity contribution in [2.45, 2.75) is 6.92 Å². The predicted octanol–water partition coefficient (Wildman–Crippen LogP) is 13.5. The number of benzene rings is 9. The molecule has 9 aromatic rings. The Labute approximate surface area is 292 Å². The van der Waals surface area contributed by atoms with E-state index < -0.39 is 0 Å². The molecule has 0 aliphatic heterocycles. The molecule has 0 aliphatic rings. The highest BCUT2D eigenvalue weighted by Crippen LogP contribution is 2.45. The van der Waals surface area contributed by atoms with Crippen LogP contribution in [-0.2, 0) is 0 Å². The number of phenolic OH excluding ortho intramolecular Hbond substituents is 1. The lowest BCUT2D eigenvalue weighted by atomic mass is 9.85. The predicted molar refractivity (Wildman–Crippen MR) is 213 cm³/mol. The van der Waals surface area contributed by atoms with Gasteiger partial charge in [-0.3, -0.25) is 0 Å². The molecule has 0 fully saturated rings. The van der Waals surface area contributed by atoms with E-state index in [1.807, 2.05) is 18.2 Å². The molecule has 0 atom stereocenters. The van der Waals surface area contributed by atoms with Gasteiger partial charge in [-0.25, -0.2) is 0 Å². The summed E-state index contributed by atoms with van der Waals surface area (Å²) >= 11 is 0. The van der Waals surface area contributed by atoms with Crippen molar-refractivity contribution in [3.63, 3.8) is 0 Å². The molecular weight excluding hydrogens is 605 g/mol. The van der Waals surface area contributed by atoms with Gasteiger partial charge in [0.1, 0.15) is 5.75 Å². The highest BCUT2D eigenvalue weighted by molar-refractivity contribution is 6.21. The molecule has 0 bridgehead atoms. The Morgan fingerprint density at radius 3 is 1.48 bits per heavy atom. The Bertz CT molecular complexity index is 2650. The monoisotopic (exact) mass is 638 g/mol. The Morgan fingerprint density at radius 1 is 0.320 bits per heavy atom. The molecule has 1 N–H and O–H groups in total. The number of para-hydroxylation sites is 1. The summed E-state index contributed by atoms with van der Waals surface area (Å²) in [5.41, 5.74) is 12.7. The molecule has 9 rings (SSSR count). The fourth-order valence-electron chi connectivity index (χ4n) is 7.83. The fourth-order valence-corrected chi connectivity index (χ4v) is 7.83. The summed E-state index contributed by atoms with van der Waals surface area (Å²) < 4.78 is 0. The lowest BCUT2D eigenvalue weighted by Gasteiger charge is -2.19. The standard InChI is InChI=1S/C49H34O/c1-32-38(23-12-24-39(32)42-18-8-9-26-47(42)50)34-27-29-35(30-28-34)48-43-19-4-6-21-45(43)49(46-22-7-5-20-44(46)48)37-16-10-15-36(31-37)41-25-11-14-33-13-2-3-17-40(33)41/h2-31,50H,1H3. The van der Waals surface area contributed by atoms with Gasteiger partial charge in [-0.15, -0.1) is 0 Å². The van der Waals surface area contributed by atoms with Gasteiger partial charge in [-0.1, -0.05) is 170 Å². The molecule has 0 heterocycles. The smallest absolute Gasteiger partial charge is 0.123 e. The van der Waals surface area contributed by atoms with Crippen molar-refractivity contribution in [3.05, 3.63) is 188 Å². The van der Waals surface area contributed by atoms with E-state index in [0.717, 1.165) is 27.8 Å². The number of fused-ring (bicyclic) bond motifs is 3. The first-order chi connectivity index (χ1) is 24.7. The van der Waals surface area contributed by atoms with Gasteiger partial charge in [-0.05, 0) is 107 Å². The molecule has 1 nitrogen and oxygen atoms in total. The van der Waals surface area contributed by atoms with Gasteiger partial charge in [-0.2, -0.15) is 0 Å². The Balaban J connectivity index is 1.19. The highest BCUT2D eigenvalue weighted by atomic mass is 16.3. The van der Waals surface area contributed by atoms with Gasteiger partial charge in [0.15, 0.2) is 0 Å². The average molecular weight is 639 g/mol. The molecule has 0 aliphatic carbocycles. The SMILES string of the molecule is Cc1c(-c2ccc(-c3c4ccccc4c(-c4cccc(-c5cccc6ccccc56)c4)c4ccccc34)cc2)cccc1-c1ccccc1O. The van der Waals surface area contributed by atoms with Crippen LogP contribution in [0.15, 0.2) is 182 Å². The number of aromatic hydroxyl groups is 1. The van der Waals surface area contributed by atoms with Crippen molar-refractivity contribution in [3.8, 4) is 61.4 Å². The Hall–Kier alpha value is -6.44. The molecule has 236 valence electrons. The van der Waals surface area contributed by atoms with Crippen LogP contribution in [0.3, 0.4) is 0 Å². The van der Waals surface area contributed by atoms with Gasteiger partial charge < -0.3 is 5.11 Å². The third-order valence-electron chi connectivity index (χ3n) is 10.2. The second-order valence-corrected chi connectivity index (χ2v) is 13.0. The zero-order chi connectivity index (χ0) is 33.6. The molecule has 0 amide bonds. The Kier molecular flexibility index (Phi) is 7.25. The first kappa shape index (κ1) is 29.7. The lowest BCUT2D eigenvalue weighted by Crippen LogP contribution is -1.92. The third kappa shape index (κ3) is 4.95. The minimum atomic E-state index is 0.297. The molecule has 0 spiro atoms. The minimum Gasteiger partial charge on any atom is -0.507 e. The second kappa shape index (κ2) is 12.2. The van der Waals surface area contributed by atoms with Crippen LogP contribution in [0.5, 0.6) is 5.75 Å². The van der Waals surface area contributed by atoms with Crippen LogP contribution >= 0.6 is 0 Å². The summed E-state index contributed by atoms with van der Waals surface area (Å²) in [4.78, 5) is 0. The van der Waals surface area contributed by atoms with Gasteiger partial charge in [0.2, 0.25) is 0 Å². The first-order valence-electron chi connectivity index (χ1n) is 17.2. The minimum absolute atomic E-state index is 0.297. The second-order valence-electron chi connectivity index (χ2n) is 13.0. The van der Waals surface area contributed by atoms with E-state index in [4.69, 9.17) is 0 Å². The van der Waals surface area contributed by atoms with E-state index >= 15 is 0 Å². The molecule has 0 radical (unpaired) electrons. The number of hydrogen-bond acceptors (Lipinski definition) is 1. The molecule has 0 aromatic heterocycles. The van der Waals surface area contributed by atoms with Crippen molar-refractivity contribution in [2.75, 3.05) is 0 Å². The highest BCUT2D eigenvalue weighted by Gasteiger charge is 2.18. The van der Waals surface area contributed by atoms with Crippen LogP contribution in [-0.4, -0.2) is 5.11 Å². The van der Waals surface area contributed by atoms with Crippen molar-refractivity contribution in [1.29, 1.82) is 0 Å². The summed E-state index contributed by atoms with van der Waals surface area (Å²) in [7, 11) is 0. The van der Waals surface area contributed by atoms with Crippen LogP contribution in [0, 0.1) is 6.92 Å². The molecular formula is C49H34O. The average Bonchev–Trinajstić information content (AvgIpc) is 3.17. The number of hydrogen-bond donors (Lipinski definition) is 1. The maximum atomic E-state index is 10.6. The van der Waals surface area contributed by atoms with Gasteiger partial charge in [0.25, 0.3) is 0 Å². The van der Waals surface area contributed by atoms with Crippen molar-refractivity contribution in [1.82, 2.24) is 0 Å². The van der Waals surface area contributed by atoms with E-state index in [-0.39, 0.29) is 0 Å². The number of phenols is 1. The van der Waals surface area contributed by atoms with Gasteiger partial charge in [0.05, 0.1) is 0 Å². The molecule has 1 heteroatoms. The van der Waals surface area contributed by atoms with E-state index in [1.165, 1.54) is 65.7 Å². The van der Waals surface area contributed by atoms with Crippen molar-refractivity contribution >= 4 is 32.3 Å². The normalized spacial score (nSPS) is 11.4. The summed E-state index contributed by atoms with van der Waals surface area (Å²) in [6.45, 7) is 2.14. The van der Waals surface area contributed by atoms with Crippen LogP contribution in [0.25, 0.3) is 88.0 Å². The third-order valence-corrected chi connectivity index (χ3v) is 10.2. The Morgan fingerprint density at radius 2 is 0.780 bits per heavy atom. The molecule has 9 aromatic carbocycles. The zero-order valence-electron chi connectivity index (χ0n) is 27.8. The van der Waals surface area contributed by atoms with Crippen LogP contribution in [0.2, 0.25) is 0 Å². The largest absolute Gasteiger partial charge is 0.507 e. The molecule has 50 heavy (non-hydrogen) atoms. The topological polar surface area (TPSA) is 20.2 Å². The maximum absolute atomic E-state index is 10.6. The summed E-state index contributed by atoms with van der Waals surface area (Å²) in [6, 6.07) is 64.8. The fraction of sp³-hybridized carbons (Fsp3) is 0.0204. The summed E-state index contributed by atoms with van der Waals surface area (Å²) in [6.07, 6.45) is 0. The number of rotatable bonds is 5. The molecule has 0 saturated heterocycles. The molecule has 0 saturated carbocycles. The van der Waals surface area contributed by atoms with E-state index in [1.54, 1.807) is 6.07 Å². The first-order valence-corrected chi connectivity index (χ1v) is 17.2. The zero-order valence-corrected chi connectivity index (χ0v) is 27.8. The van der Waals surface area contributed by atoms with Crippen molar-refractivity contribution < 1.29 is 5.11 Å². The van der Waals surface area contributed by atoms with Crippen LogP contribution < -0.4 is 0 Å². The van der Waals surface area contributed by atoms with E-state index in [0.29, 0.717) is 5.75 Å². The van der Waals surface area contributed by atoms with E-state index in [2.05, 4.69) is 165 Å². The van der Waals surface area contributed by atoms with Crippen LogP contribution in [0.1, 0.15) is 5.56 Å².